The first-order valence-electron chi connectivity index (χ1n) is 4.07. The highest BCUT2D eigenvalue weighted by Crippen LogP contribution is 2.05. The number of benzene rings is 1. The SMILES string of the molecule is [N-]=[N+]=NCCc1ccc(C(=O)O)cc1. The van der Waals surface area contributed by atoms with Gasteiger partial charge in [-0.05, 0) is 29.6 Å². The van der Waals surface area contributed by atoms with Crippen molar-refractivity contribution in [1.82, 2.24) is 0 Å². The quantitative estimate of drug-likeness (QED) is 0.449. The van der Waals surface area contributed by atoms with Gasteiger partial charge in [0, 0.05) is 11.5 Å². The van der Waals surface area contributed by atoms with Gasteiger partial charge >= 0.3 is 5.97 Å². The van der Waals surface area contributed by atoms with E-state index in [1.165, 1.54) is 12.1 Å². The minimum Gasteiger partial charge on any atom is -0.478 e. The van der Waals surface area contributed by atoms with Crippen LogP contribution in [0.1, 0.15) is 15.9 Å². The first kappa shape index (κ1) is 10.1. The van der Waals surface area contributed by atoms with E-state index in [-0.39, 0.29) is 5.56 Å². The molecule has 0 aliphatic heterocycles. The van der Waals surface area contributed by atoms with E-state index >= 15 is 0 Å². The molecule has 0 aliphatic carbocycles. The number of azide groups is 1. The molecule has 0 saturated heterocycles. The van der Waals surface area contributed by atoms with Crippen LogP contribution < -0.4 is 0 Å². The maximum absolute atomic E-state index is 10.5. The van der Waals surface area contributed by atoms with E-state index in [1.807, 2.05) is 0 Å². The van der Waals surface area contributed by atoms with Crippen molar-refractivity contribution in [2.75, 3.05) is 6.54 Å². The molecule has 0 unspecified atom stereocenters. The lowest BCUT2D eigenvalue weighted by Gasteiger charge is -1.98. The third kappa shape index (κ3) is 2.80. The lowest BCUT2D eigenvalue weighted by Crippen LogP contribution is -1.96. The van der Waals surface area contributed by atoms with Crippen LogP contribution in [0.3, 0.4) is 0 Å². The fourth-order valence-electron chi connectivity index (χ4n) is 1.04. The molecule has 0 saturated carbocycles. The highest BCUT2D eigenvalue weighted by Gasteiger charge is 2.00. The number of carboxylic acids is 1. The first-order valence-corrected chi connectivity index (χ1v) is 4.07. The summed E-state index contributed by atoms with van der Waals surface area (Å²) in [5.41, 5.74) is 9.26. The van der Waals surface area contributed by atoms with Gasteiger partial charge < -0.3 is 5.11 Å². The second-order valence-corrected chi connectivity index (χ2v) is 2.71. The fourth-order valence-corrected chi connectivity index (χ4v) is 1.04. The minimum atomic E-state index is -0.938. The molecule has 72 valence electrons. The molecule has 0 bridgehead atoms. The Morgan fingerprint density at radius 2 is 2.07 bits per heavy atom. The lowest BCUT2D eigenvalue weighted by atomic mass is 10.1. The molecular formula is C9H9N3O2. The number of aromatic carboxylic acids is 1. The van der Waals surface area contributed by atoms with Crippen molar-refractivity contribution in [2.45, 2.75) is 6.42 Å². The Labute approximate surface area is 80.6 Å². The van der Waals surface area contributed by atoms with Gasteiger partial charge in [0.2, 0.25) is 0 Å². The summed E-state index contributed by atoms with van der Waals surface area (Å²) >= 11 is 0. The molecule has 0 aliphatic rings. The molecule has 14 heavy (non-hydrogen) atoms. The van der Waals surface area contributed by atoms with Gasteiger partial charge in [-0.2, -0.15) is 0 Å². The monoisotopic (exact) mass is 191 g/mol. The number of rotatable bonds is 4. The smallest absolute Gasteiger partial charge is 0.335 e. The maximum atomic E-state index is 10.5. The highest BCUT2D eigenvalue weighted by atomic mass is 16.4. The molecule has 0 fully saturated rings. The van der Waals surface area contributed by atoms with Crippen LogP contribution in [0.15, 0.2) is 29.4 Å². The first-order chi connectivity index (χ1) is 6.74. The predicted octanol–water partition coefficient (Wildman–Crippen LogP) is 2.24. The van der Waals surface area contributed by atoms with Crippen LogP contribution in [0.25, 0.3) is 10.4 Å². The van der Waals surface area contributed by atoms with E-state index in [2.05, 4.69) is 10.0 Å². The second-order valence-electron chi connectivity index (χ2n) is 2.71. The van der Waals surface area contributed by atoms with E-state index in [1.54, 1.807) is 12.1 Å². The topological polar surface area (TPSA) is 86.1 Å². The largest absolute Gasteiger partial charge is 0.478 e. The van der Waals surface area contributed by atoms with Crippen LogP contribution in [0.4, 0.5) is 0 Å². The summed E-state index contributed by atoms with van der Waals surface area (Å²) < 4.78 is 0. The summed E-state index contributed by atoms with van der Waals surface area (Å²) in [7, 11) is 0. The summed E-state index contributed by atoms with van der Waals surface area (Å²) in [5, 5.41) is 12.0. The zero-order valence-electron chi connectivity index (χ0n) is 7.42. The molecule has 1 aromatic carbocycles. The van der Waals surface area contributed by atoms with E-state index < -0.39 is 5.97 Å². The van der Waals surface area contributed by atoms with Gasteiger partial charge in [-0.3, -0.25) is 0 Å². The van der Waals surface area contributed by atoms with Gasteiger partial charge in [0.25, 0.3) is 0 Å². The Bertz CT molecular complexity index is 366. The van der Waals surface area contributed by atoms with E-state index in [9.17, 15) is 4.79 Å². The van der Waals surface area contributed by atoms with Crippen molar-refractivity contribution < 1.29 is 9.90 Å². The van der Waals surface area contributed by atoms with E-state index in [0.717, 1.165) is 5.56 Å². The van der Waals surface area contributed by atoms with Gasteiger partial charge in [0.15, 0.2) is 0 Å². The predicted molar refractivity (Wildman–Crippen MR) is 51.1 cm³/mol. The van der Waals surface area contributed by atoms with Crippen molar-refractivity contribution in [3.8, 4) is 0 Å². The van der Waals surface area contributed by atoms with Crippen LogP contribution in [-0.2, 0) is 6.42 Å². The zero-order valence-corrected chi connectivity index (χ0v) is 7.42. The van der Waals surface area contributed by atoms with Crippen molar-refractivity contribution in [2.24, 2.45) is 5.11 Å². The van der Waals surface area contributed by atoms with Gasteiger partial charge in [0.1, 0.15) is 0 Å². The van der Waals surface area contributed by atoms with E-state index in [0.29, 0.717) is 13.0 Å². The minimum absolute atomic E-state index is 0.262. The van der Waals surface area contributed by atoms with Gasteiger partial charge in [0.05, 0.1) is 5.56 Å². The molecule has 0 amide bonds. The summed E-state index contributed by atoms with van der Waals surface area (Å²) in [6.07, 6.45) is 0.629. The molecule has 5 nitrogen and oxygen atoms in total. The van der Waals surface area contributed by atoms with Crippen LogP contribution in [0.2, 0.25) is 0 Å². The lowest BCUT2D eigenvalue weighted by molar-refractivity contribution is 0.0697. The number of carboxylic acid groups (broad SMARTS) is 1. The summed E-state index contributed by atoms with van der Waals surface area (Å²) in [4.78, 5) is 13.1. The average Bonchev–Trinajstić information content (AvgIpc) is 2.19. The van der Waals surface area contributed by atoms with E-state index in [4.69, 9.17) is 10.6 Å². The Hall–Kier alpha value is -2.00. The molecule has 0 spiro atoms. The fraction of sp³-hybridized carbons (Fsp3) is 0.222. The second kappa shape index (κ2) is 4.89. The molecule has 1 N–H and O–H groups in total. The van der Waals surface area contributed by atoms with Crippen molar-refractivity contribution >= 4 is 5.97 Å². The number of nitrogens with zero attached hydrogens (tertiary/aromatic N) is 3. The Morgan fingerprint density at radius 3 is 2.57 bits per heavy atom. The standard InChI is InChI=1S/C9H9N3O2/c10-12-11-6-5-7-1-3-8(4-2-7)9(13)14/h1-4H,5-6H2,(H,13,14). The summed E-state index contributed by atoms with van der Waals surface area (Å²) in [5.74, 6) is -0.938. The maximum Gasteiger partial charge on any atom is 0.335 e. The molecular weight excluding hydrogens is 182 g/mol. The molecule has 0 aromatic heterocycles. The van der Waals surface area contributed by atoms with Gasteiger partial charge in [-0.1, -0.05) is 17.2 Å². The van der Waals surface area contributed by atoms with Crippen LogP contribution in [0, 0.1) is 0 Å². The summed E-state index contributed by atoms with van der Waals surface area (Å²) in [6, 6.07) is 6.51. The molecule has 1 aromatic rings. The molecule has 5 heteroatoms. The van der Waals surface area contributed by atoms with Crippen molar-refractivity contribution in [1.29, 1.82) is 0 Å². The van der Waals surface area contributed by atoms with Crippen molar-refractivity contribution in [3.63, 3.8) is 0 Å². The Kier molecular flexibility index (Phi) is 3.52. The van der Waals surface area contributed by atoms with Crippen LogP contribution in [-0.4, -0.2) is 17.6 Å². The summed E-state index contributed by atoms with van der Waals surface area (Å²) in [6.45, 7) is 0.392. The Balaban J connectivity index is 2.64. The van der Waals surface area contributed by atoms with Crippen molar-refractivity contribution in [3.05, 3.63) is 45.8 Å². The molecule has 0 heterocycles. The number of carbonyl (C=O) groups is 1. The van der Waals surface area contributed by atoms with Crippen LogP contribution >= 0.6 is 0 Å². The highest BCUT2D eigenvalue weighted by molar-refractivity contribution is 5.87. The number of hydrogen-bond donors (Lipinski definition) is 1. The molecule has 0 atom stereocenters. The third-order valence-electron chi connectivity index (χ3n) is 1.76. The molecule has 1 rings (SSSR count). The average molecular weight is 191 g/mol. The normalized spacial score (nSPS) is 9.14. The zero-order chi connectivity index (χ0) is 10.4. The van der Waals surface area contributed by atoms with Crippen LogP contribution in [0.5, 0.6) is 0 Å². The Morgan fingerprint density at radius 1 is 1.43 bits per heavy atom. The van der Waals surface area contributed by atoms with Gasteiger partial charge in [-0.25, -0.2) is 4.79 Å². The van der Waals surface area contributed by atoms with Gasteiger partial charge in [-0.15, -0.1) is 0 Å². The molecule has 0 radical (unpaired) electrons. The third-order valence-corrected chi connectivity index (χ3v) is 1.76. The number of hydrogen-bond acceptors (Lipinski definition) is 2.